The van der Waals surface area contributed by atoms with Crippen molar-refractivity contribution in [3.8, 4) is 0 Å². The number of aliphatic carboxylic acids is 1. The summed E-state index contributed by atoms with van der Waals surface area (Å²) >= 11 is 1.60. The summed E-state index contributed by atoms with van der Waals surface area (Å²) in [4.78, 5) is 28.3. The van der Waals surface area contributed by atoms with E-state index in [1.165, 1.54) is 0 Å². The quantitative estimate of drug-likeness (QED) is 0.583. The molecule has 0 unspecified atom stereocenters. The lowest BCUT2D eigenvalue weighted by atomic mass is 10.3. The number of carboxylic acid groups (broad SMARTS) is 1. The first-order chi connectivity index (χ1) is 12.6. The molecule has 8 heteroatoms. The number of carboxylic acids is 1. The number of nitrogens with zero attached hydrogens (tertiary/aromatic N) is 1. The fraction of sp³-hybridized carbons (Fsp3) is 0.167. The van der Waals surface area contributed by atoms with Crippen LogP contribution < -0.4 is 16.0 Å². The summed E-state index contributed by atoms with van der Waals surface area (Å²) in [6, 6.07) is 15.3. The van der Waals surface area contributed by atoms with Crippen molar-refractivity contribution in [2.45, 2.75) is 16.2 Å². The molecule has 1 aliphatic rings. The average Bonchev–Trinajstić information content (AvgIpc) is 3.11. The Bertz CT molecular complexity index is 819. The lowest BCUT2D eigenvalue weighted by molar-refractivity contribution is -0.139. The molecular formula is C18H18N4O3S. The molecule has 3 rings (SSSR count). The van der Waals surface area contributed by atoms with Crippen molar-refractivity contribution in [1.29, 1.82) is 0 Å². The van der Waals surface area contributed by atoms with E-state index in [1.54, 1.807) is 23.9 Å². The lowest BCUT2D eigenvalue weighted by Gasteiger charge is -2.08. The predicted octanol–water partition coefficient (Wildman–Crippen LogP) is 2.62. The second-order valence-electron chi connectivity index (χ2n) is 5.55. The van der Waals surface area contributed by atoms with Gasteiger partial charge < -0.3 is 21.1 Å². The summed E-state index contributed by atoms with van der Waals surface area (Å²) in [5, 5.41) is 17.5. The Morgan fingerprint density at radius 2 is 1.65 bits per heavy atom. The van der Waals surface area contributed by atoms with Crippen LogP contribution in [0.5, 0.6) is 0 Å². The molecule has 0 fully saturated rings. The first-order valence-electron chi connectivity index (χ1n) is 8.03. The van der Waals surface area contributed by atoms with E-state index in [4.69, 9.17) is 5.11 Å². The molecule has 0 spiro atoms. The zero-order valence-corrected chi connectivity index (χ0v) is 14.7. The number of nitrogens with one attached hydrogen (secondary N) is 3. The minimum Gasteiger partial charge on any atom is -0.481 e. The van der Waals surface area contributed by atoms with Crippen LogP contribution in [0.3, 0.4) is 0 Å². The summed E-state index contributed by atoms with van der Waals surface area (Å²) in [6.07, 6.45) is -0.543. The van der Waals surface area contributed by atoms with E-state index in [2.05, 4.69) is 20.9 Å². The molecule has 1 amide bonds. The normalized spacial score (nSPS) is 12.8. The average molecular weight is 370 g/mol. The number of hydrogen-bond donors (Lipinski definition) is 4. The van der Waals surface area contributed by atoms with Gasteiger partial charge in [-0.3, -0.25) is 14.6 Å². The van der Waals surface area contributed by atoms with Crippen LogP contribution in [0, 0.1) is 0 Å². The maximum absolute atomic E-state index is 11.4. The first-order valence-corrected chi connectivity index (χ1v) is 8.85. The van der Waals surface area contributed by atoms with Crippen LogP contribution >= 0.6 is 11.8 Å². The van der Waals surface area contributed by atoms with Crippen molar-refractivity contribution in [2.75, 3.05) is 23.7 Å². The molecule has 0 radical (unpaired) electrons. The molecule has 0 bridgehead atoms. The van der Waals surface area contributed by atoms with E-state index in [0.717, 1.165) is 34.5 Å². The maximum atomic E-state index is 11.4. The van der Waals surface area contributed by atoms with Gasteiger partial charge >= 0.3 is 5.97 Å². The highest BCUT2D eigenvalue weighted by Gasteiger charge is 2.08. The molecule has 4 N–H and O–H groups in total. The van der Waals surface area contributed by atoms with Crippen LogP contribution in [-0.2, 0) is 9.59 Å². The van der Waals surface area contributed by atoms with E-state index in [9.17, 15) is 9.59 Å². The Kier molecular flexibility index (Phi) is 5.75. The van der Waals surface area contributed by atoms with Gasteiger partial charge in [-0.15, -0.1) is 0 Å². The monoisotopic (exact) mass is 370 g/mol. The van der Waals surface area contributed by atoms with Gasteiger partial charge in [-0.25, -0.2) is 0 Å². The number of carbonyl (C=O) groups is 2. The Morgan fingerprint density at radius 3 is 2.19 bits per heavy atom. The summed E-state index contributed by atoms with van der Waals surface area (Å²) in [5.41, 5.74) is 1.55. The van der Waals surface area contributed by atoms with Crippen LogP contribution in [0.15, 0.2) is 63.3 Å². The number of hydrogen-bond acceptors (Lipinski definition) is 6. The molecule has 2 aromatic carbocycles. The van der Waals surface area contributed by atoms with Crippen LogP contribution in [0.1, 0.15) is 6.42 Å². The second-order valence-corrected chi connectivity index (χ2v) is 6.70. The van der Waals surface area contributed by atoms with Gasteiger partial charge in [-0.1, -0.05) is 11.8 Å². The minimum absolute atomic E-state index is 0.539. The molecule has 1 heterocycles. The number of guanidine groups is 1. The topological polar surface area (TPSA) is 103 Å². The molecule has 134 valence electrons. The summed E-state index contributed by atoms with van der Waals surface area (Å²) in [7, 11) is 0. The smallest absolute Gasteiger partial charge is 0.312 e. The largest absolute Gasteiger partial charge is 0.481 e. The highest BCUT2D eigenvalue weighted by molar-refractivity contribution is 7.99. The molecule has 26 heavy (non-hydrogen) atoms. The van der Waals surface area contributed by atoms with Crippen molar-refractivity contribution in [3.05, 3.63) is 48.5 Å². The molecule has 0 aromatic heterocycles. The second kappa shape index (κ2) is 8.39. The van der Waals surface area contributed by atoms with Gasteiger partial charge in [0.2, 0.25) is 5.91 Å². The van der Waals surface area contributed by atoms with E-state index in [0.29, 0.717) is 5.69 Å². The van der Waals surface area contributed by atoms with Crippen LogP contribution in [0.2, 0.25) is 0 Å². The zero-order valence-electron chi connectivity index (χ0n) is 13.9. The standard InChI is InChI=1S/C18H18N4O3S/c23-16(11-17(24)25)21-12-1-5-14(6-2-12)26-15-7-3-13(4-8-15)22-18-19-9-10-20-18/h1-8H,9-11H2,(H,21,23)(H,24,25)(H2,19,20,22). The number of amides is 1. The van der Waals surface area contributed by atoms with E-state index in [-0.39, 0.29) is 0 Å². The summed E-state index contributed by atoms with van der Waals surface area (Å²) in [6.45, 7) is 1.66. The minimum atomic E-state index is -1.15. The molecule has 0 atom stereocenters. The third-order valence-corrected chi connectivity index (χ3v) is 4.49. The zero-order chi connectivity index (χ0) is 18.4. The van der Waals surface area contributed by atoms with Gasteiger partial charge in [-0.05, 0) is 48.5 Å². The van der Waals surface area contributed by atoms with E-state index in [1.807, 2.05) is 36.4 Å². The van der Waals surface area contributed by atoms with Crippen molar-refractivity contribution in [1.82, 2.24) is 5.32 Å². The van der Waals surface area contributed by atoms with Gasteiger partial charge in [0.1, 0.15) is 6.42 Å². The Morgan fingerprint density at radius 1 is 1.04 bits per heavy atom. The highest BCUT2D eigenvalue weighted by atomic mass is 32.2. The van der Waals surface area contributed by atoms with Gasteiger partial charge in [0.05, 0.1) is 6.54 Å². The summed E-state index contributed by atoms with van der Waals surface area (Å²) < 4.78 is 0. The van der Waals surface area contributed by atoms with Gasteiger partial charge in [0.25, 0.3) is 0 Å². The first kappa shape index (κ1) is 17.8. The van der Waals surface area contributed by atoms with Gasteiger partial charge in [-0.2, -0.15) is 0 Å². The number of carbonyl (C=O) groups excluding carboxylic acids is 1. The Hall–Kier alpha value is -3.00. The third-order valence-electron chi connectivity index (χ3n) is 3.48. The third kappa shape index (κ3) is 5.25. The van der Waals surface area contributed by atoms with Crippen molar-refractivity contribution in [2.24, 2.45) is 4.99 Å². The highest BCUT2D eigenvalue weighted by Crippen LogP contribution is 2.29. The molecule has 0 saturated carbocycles. The fourth-order valence-corrected chi connectivity index (χ4v) is 3.13. The molecule has 7 nitrogen and oxygen atoms in total. The lowest BCUT2D eigenvalue weighted by Crippen LogP contribution is -2.26. The number of rotatable bonds is 6. The fourth-order valence-electron chi connectivity index (χ4n) is 2.31. The van der Waals surface area contributed by atoms with Crippen LogP contribution in [0.4, 0.5) is 11.4 Å². The maximum Gasteiger partial charge on any atom is 0.312 e. The Labute approximate surface area is 154 Å². The molecule has 0 saturated heterocycles. The molecular weight excluding hydrogens is 352 g/mol. The number of aliphatic imine (C=N–C) groups is 1. The molecule has 0 aliphatic carbocycles. The van der Waals surface area contributed by atoms with E-state index >= 15 is 0 Å². The SMILES string of the molecule is O=C(O)CC(=O)Nc1ccc(Sc2ccc(NC3=NCCN3)cc2)cc1. The predicted molar refractivity (Wildman–Crippen MR) is 102 cm³/mol. The molecule has 2 aromatic rings. The molecule has 1 aliphatic heterocycles. The van der Waals surface area contributed by atoms with E-state index < -0.39 is 18.3 Å². The Balaban J connectivity index is 1.55. The van der Waals surface area contributed by atoms with Gasteiger partial charge in [0, 0.05) is 27.7 Å². The number of anilines is 2. The van der Waals surface area contributed by atoms with Crippen molar-refractivity contribution in [3.63, 3.8) is 0 Å². The summed E-state index contributed by atoms with van der Waals surface area (Å²) in [5.74, 6) is -0.892. The van der Waals surface area contributed by atoms with Crippen molar-refractivity contribution < 1.29 is 14.7 Å². The van der Waals surface area contributed by atoms with Gasteiger partial charge in [0.15, 0.2) is 5.96 Å². The number of benzene rings is 2. The van der Waals surface area contributed by atoms with Crippen LogP contribution in [0.25, 0.3) is 0 Å². The van der Waals surface area contributed by atoms with Crippen molar-refractivity contribution >= 4 is 41.0 Å². The van der Waals surface area contributed by atoms with Crippen LogP contribution in [-0.4, -0.2) is 36.0 Å².